The minimum Gasteiger partial charge on any atom is -0.398 e. The average Bonchev–Trinajstić information content (AvgIpc) is 2.41. The van der Waals surface area contributed by atoms with E-state index in [4.69, 9.17) is 17.3 Å². The molecule has 21 heavy (non-hydrogen) atoms. The van der Waals surface area contributed by atoms with Crippen LogP contribution >= 0.6 is 11.6 Å². The summed E-state index contributed by atoms with van der Waals surface area (Å²) in [5.41, 5.74) is 5.99. The van der Waals surface area contributed by atoms with Crippen LogP contribution in [0.4, 0.5) is 15.8 Å². The molecule has 1 atom stereocenters. The summed E-state index contributed by atoms with van der Waals surface area (Å²) in [6.07, 6.45) is 0. The SMILES string of the molecule is Nc1cccc(Cl)c1S(=O)CC(=O)Nc1ccccc1F. The lowest BCUT2D eigenvalue weighted by molar-refractivity contribution is -0.113. The molecule has 0 spiro atoms. The van der Waals surface area contributed by atoms with E-state index >= 15 is 0 Å². The Morgan fingerprint density at radius 2 is 1.95 bits per heavy atom. The summed E-state index contributed by atoms with van der Waals surface area (Å²) in [5.74, 6) is -1.51. The summed E-state index contributed by atoms with van der Waals surface area (Å²) >= 11 is 5.93. The number of nitrogen functional groups attached to an aromatic ring is 1. The zero-order valence-corrected chi connectivity index (χ0v) is 12.4. The summed E-state index contributed by atoms with van der Waals surface area (Å²) in [6, 6.07) is 10.4. The molecule has 2 rings (SSSR count). The van der Waals surface area contributed by atoms with Gasteiger partial charge in [-0.15, -0.1) is 0 Å². The first-order valence-corrected chi connectivity index (χ1v) is 7.65. The molecule has 3 N–H and O–H groups in total. The number of hydrogen-bond donors (Lipinski definition) is 2. The van der Waals surface area contributed by atoms with E-state index in [0.717, 1.165) is 0 Å². The van der Waals surface area contributed by atoms with Crippen LogP contribution in [0.3, 0.4) is 0 Å². The molecule has 0 aromatic heterocycles. The number of anilines is 2. The van der Waals surface area contributed by atoms with Gasteiger partial charge in [-0.2, -0.15) is 0 Å². The van der Waals surface area contributed by atoms with Gasteiger partial charge in [-0.25, -0.2) is 4.39 Å². The molecule has 0 aliphatic carbocycles. The normalized spacial score (nSPS) is 11.9. The van der Waals surface area contributed by atoms with E-state index in [2.05, 4.69) is 5.32 Å². The first kappa shape index (κ1) is 15.5. The number of carbonyl (C=O) groups is 1. The van der Waals surface area contributed by atoms with Gasteiger partial charge in [-0.05, 0) is 24.3 Å². The molecule has 7 heteroatoms. The van der Waals surface area contributed by atoms with E-state index in [1.807, 2.05) is 0 Å². The molecular formula is C14H12ClFN2O2S. The second-order valence-corrected chi connectivity index (χ2v) is 5.97. The number of para-hydroxylation sites is 1. The fourth-order valence-electron chi connectivity index (χ4n) is 1.71. The zero-order chi connectivity index (χ0) is 15.4. The summed E-state index contributed by atoms with van der Waals surface area (Å²) in [5, 5.41) is 2.59. The van der Waals surface area contributed by atoms with Crippen molar-refractivity contribution in [3.63, 3.8) is 0 Å². The molecule has 1 amide bonds. The van der Waals surface area contributed by atoms with Crippen molar-refractivity contribution >= 4 is 39.7 Å². The number of hydrogen-bond acceptors (Lipinski definition) is 3. The molecule has 0 fully saturated rings. The van der Waals surface area contributed by atoms with Gasteiger partial charge in [0.05, 0.1) is 26.4 Å². The standard InChI is InChI=1S/C14H12ClFN2O2S/c15-9-4-3-6-11(17)14(9)21(20)8-13(19)18-12-7-2-1-5-10(12)16/h1-7H,8,17H2,(H,18,19). The van der Waals surface area contributed by atoms with Crippen molar-refractivity contribution in [1.82, 2.24) is 0 Å². The fourth-order valence-corrected chi connectivity index (χ4v) is 3.22. The first-order valence-electron chi connectivity index (χ1n) is 5.96. The molecule has 0 saturated heterocycles. The lowest BCUT2D eigenvalue weighted by Gasteiger charge is -2.09. The van der Waals surface area contributed by atoms with Crippen LogP contribution in [-0.4, -0.2) is 15.9 Å². The van der Waals surface area contributed by atoms with Crippen molar-refractivity contribution in [3.05, 3.63) is 53.3 Å². The van der Waals surface area contributed by atoms with Gasteiger partial charge in [-0.1, -0.05) is 29.8 Å². The Kier molecular flexibility index (Phi) is 4.93. The van der Waals surface area contributed by atoms with Gasteiger partial charge in [0.25, 0.3) is 0 Å². The molecule has 0 radical (unpaired) electrons. The Labute approximate surface area is 128 Å². The number of amides is 1. The summed E-state index contributed by atoms with van der Waals surface area (Å²) < 4.78 is 25.6. The number of halogens is 2. The smallest absolute Gasteiger partial charge is 0.237 e. The number of rotatable bonds is 4. The lowest BCUT2D eigenvalue weighted by Crippen LogP contribution is -2.20. The van der Waals surface area contributed by atoms with Crippen LogP contribution in [0.25, 0.3) is 0 Å². The molecule has 1 unspecified atom stereocenters. The van der Waals surface area contributed by atoms with E-state index in [0.29, 0.717) is 0 Å². The van der Waals surface area contributed by atoms with Gasteiger partial charge >= 0.3 is 0 Å². The van der Waals surface area contributed by atoms with Crippen LogP contribution < -0.4 is 11.1 Å². The molecule has 0 aliphatic heterocycles. The molecule has 4 nitrogen and oxygen atoms in total. The molecule has 110 valence electrons. The van der Waals surface area contributed by atoms with Crippen molar-refractivity contribution in [1.29, 1.82) is 0 Å². The second-order valence-electron chi connectivity index (χ2n) is 4.18. The minimum absolute atomic E-state index is 0.0339. The van der Waals surface area contributed by atoms with Gasteiger partial charge in [0.1, 0.15) is 11.6 Å². The average molecular weight is 327 g/mol. The third kappa shape index (κ3) is 3.80. The van der Waals surface area contributed by atoms with Crippen LogP contribution in [0.2, 0.25) is 5.02 Å². The summed E-state index contributed by atoms with van der Waals surface area (Å²) in [4.78, 5) is 12.0. The highest BCUT2D eigenvalue weighted by atomic mass is 35.5. The molecular weight excluding hydrogens is 315 g/mol. The third-order valence-corrected chi connectivity index (χ3v) is 4.50. The zero-order valence-electron chi connectivity index (χ0n) is 10.8. The van der Waals surface area contributed by atoms with Gasteiger partial charge in [-0.3, -0.25) is 9.00 Å². The number of nitrogens with two attached hydrogens (primary N) is 1. The maximum Gasteiger partial charge on any atom is 0.237 e. The monoisotopic (exact) mass is 326 g/mol. The fraction of sp³-hybridized carbons (Fsp3) is 0.0714. The maximum atomic E-state index is 13.4. The highest BCUT2D eigenvalue weighted by Crippen LogP contribution is 2.25. The van der Waals surface area contributed by atoms with Crippen LogP contribution in [0.15, 0.2) is 47.4 Å². The Bertz CT molecular complexity index is 689. The van der Waals surface area contributed by atoms with Crippen LogP contribution in [-0.2, 0) is 15.6 Å². The van der Waals surface area contributed by atoms with Crippen LogP contribution in [0.1, 0.15) is 0 Å². The van der Waals surface area contributed by atoms with Gasteiger partial charge in [0, 0.05) is 5.69 Å². The van der Waals surface area contributed by atoms with Crippen molar-refractivity contribution in [2.24, 2.45) is 0 Å². The number of carbonyl (C=O) groups excluding carboxylic acids is 1. The predicted octanol–water partition coefficient (Wildman–Crippen LogP) is 2.81. The molecule has 0 saturated carbocycles. The molecule has 0 aliphatic rings. The van der Waals surface area contributed by atoms with Gasteiger partial charge < -0.3 is 11.1 Å². The highest BCUT2D eigenvalue weighted by molar-refractivity contribution is 7.86. The van der Waals surface area contributed by atoms with Crippen LogP contribution in [0, 0.1) is 5.82 Å². The van der Waals surface area contributed by atoms with E-state index < -0.39 is 22.5 Å². The molecule has 0 heterocycles. The van der Waals surface area contributed by atoms with Gasteiger partial charge in [0.15, 0.2) is 0 Å². The minimum atomic E-state index is -1.71. The first-order chi connectivity index (χ1) is 9.99. The summed E-state index contributed by atoms with van der Waals surface area (Å²) in [7, 11) is -1.71. The van der Waals surface area contributed by atoms with Crippen molar-refractivity contribution in [2.75, 3.05) is 16.8 Å². The Balaban J connectivity index is 2.10. The van der Waals surface area contributed by atoms with Gasteiger partial charge in [0.2, 0.25) is 5.91 Å². The largest absolute Gasteiger partial charge is 0.398 e. The van der Waals surface area contributed by atoms with Crippen molar-refractivity contribution < 1.29 is 13.4 Å². The Hall–Kier alpha value is -1.92. The maximum absolute atomic E-state index is 13.4. The van der Waals surface area contributed by atoms with E-state index in [1.54, 1.807) is 24.3 Å². The van der Waals surface area contributed by atoms with E-state index in [9.17, 15) is 13.4 Å². The Morgan fingerprint density at radius 1 is 1.24 bits per heavy atom. The summed E-state index contributed by atoms with van der Waals surface area (Å²) in [6.45, 7) is 0. The molecule has 2 aromatic carbocycles. The lowest BCUT2D eigenvalue weighted by atomic mass is 10.3. The van der Waals surface area contributed by atoms with Crippen molar-refractivity contribution in [2.45, 2.75) is 4.90 Å². The Morgan fingerprint density at radius 3 is 2.62 bits per heavy atom. The van der Waals surface area contributed by atoms with Crippen LogP contribution in [0.5, 0.6) is 0 Å². The number of nitrogens with one attached hydrogen (secondary N) is 1. The highest BCUT2D eigenvalue weighted by Gasteiger charge is 2.16. The third-order valence-electron chi connectivity index (χ3n) is 2.64. The predicted molar refractivity (Wildman–Crippen MR) is 82.2 cm³/mol. The topological polar surface area (TPSA) is 72.2 Å². The van der Waals surface area contributed by atoms with E-state index in [1.165, 1.54) is 18.2 Å². The van der Waals surface area contributed by atoms with Crippen molar-refractivity contribution in [3.8, 4) is 0 Å². The second kappa shape index (κ2) is 6.69. The number of benzene rings is 2. The molecule has 2 aromatic rings. The molecule has 0 bridgehead atoms. The van der Waals surface area contributed by atoms with E-state index in [-0.39, 0.29) is 27.0 Å². The quantitative estimate of drug-likeness (QED) is 0.849.